The van der Waals surface area contributed by atoms with Crippen molar-refractivity contribution in [2.45, 2.75) is 0 Å². The molecule has 2 aliphatic heterocycles. The lowest BCUT2D eigenvalue weighted by Crippen LogP contribution is -2.17. The third-order valence-electron chi connectivity index (χ3n) is 8.02. The fourth-order valence-corrected chi connectivity index (χ4v) is 5.62. The predicted octanol–water partition coefficient (Wildman–Crippen LogP) is 4.99. The maximum Gasteiger partial charge on any atom is 0.237 e. The van der Waals surface area contributed by atoms with Gasteiger partial charge in [0.2, 0.25) is 48.2 Å². The van der Waals surface area contributed by atoms with E-state index in [0.29, 0.717) is 23.0 Å². The molecule has 0 aromatic heterocycles. The van der Waals surface area contributed by atoms with Crippen molar-refractivity contribution in [2.75, 3.05) is 56.2 Å². The number of hydrogen-bond donors (Lipinski definition) is 0. The lowest BCUT2D eigenvalue weighted by Gasteiger charge is -2.17. The van der Waals surface area contributed by atoms with Crippen LogP contribution < -0.4 is 47.4 Å². The lowest BCUT2D eigenvalue weighted by molar-refractivity contribution is 0.0814. The maximum absolute atomic E-state index is 14.0. The molecule has 0 saturated heterocycles. The molecule has 258 valence electrons. The van der Waals surface area contributed by atoms with Gasteiger partial charge in [-0.05, 0) is 36.4 Å². The van der Waals surface area contributed by atoms with Gasteiger partial charge in [-0.15, -0.1) is 0 Å². The zero-order valence-corrected chi connectivity index (χ0v) is 27.7. The summed E-state index contributed by atoms with van der Waals surface area (Å²) >= 11 is 0. The SMILES string of the molecule is COc1cc(OC)cc(C(=O)C(=O)c2cc(-c3cc(C(=O)C(=O)c4cc(OC)cc(OC)c4)c(OC)c4c3OCO4)c3c(c2OC)OCO3)c1. The Balaban J connectivity index is 1.52. The Hall–Kier alpha value is -6.44. The predicted molar refractivity (Wildman–Crippen MR) is 174 cm³/mol. The van der Waals surface area contributed by atoms with Crippen molar-refractivity contribution < 1.29 is 66.5 Å². The Kier molecular flexibility index (Phi) is 9.09. The van der Waals surface area contributed by atoms with Crippen LogP contribution in [0, 0.1) is 0 Å². The van der Waals surface area contributed by atoms with Crippen LogP contribution in [0.15, 0.2) is 48.5 Å². The molecular weight excluding hydrogens is 656 g/mol. The summed E-state index contributed by atoms with van der Waals surface area (Å²) in [5, 5.41) is 0. The molecule has 4 aromatic carbocycles. The Morgan fingerprint density at radius 2 is 0.740 bits per heavy atom. The maximum atomic E-state index is 14.0. The van der Waals surface area contributed by atoms with Gasteiger partial charge in [-0.1, -0.05) is 0 Å². The number of carbonyl (C=O) groups excluding carboxylic acids is 4. The topological polar surface area (TPSA) is 161 Å². The summed E-state index contributed by atoms with van der Waals surface area (Å²) < 4.78 is 55.3. The second kappa shape index (κ2) is 13.6. The van der Waals surface area contributed by atoms with Gasteiger partial charge in [0.15, 0.2) is 23.0 Å². The largest absolute Gasteiger partial charge is 0.497 e. The number of Topliss-reactive ketones (excluding diaryl/α,β-unsaturated/α-hetero) is 4. The van der Waals surface area contributed by atoms with Crippen LogP contribution in [0.2, 0.25) is 0 Å². The molecule has 0 fully saturated rings. The highest BCUT2D eigenvalue weighted by molar-refractivity contribution is 6.50. The van der Waals surface area contributed by atoms with Crippen LogP contribution in [0.3, 0.4) is 0 Å². The molecule has 50 heavy (non-hydrogen) atoms. The van der Waals surface area contributed by atoms with Gasteiger partial charge in [-0.25, -0.2) is 0 Å². The highest BCUT2D eigenvalue weighted by atomic mass is 16.7. The van der Waals surface area contributed by atoms with E-state index in [2.05, 4.69) is 0 Å². The number of fused-ring (bicyclic) bond motifs is 2. The van der Waals surface area contributed by atoms with Crippen molar-refractivity contribution in [1.29, 1.82) is 0 Å². The number of benzene rings is 4. The number of methoxy groups -OCH3 is 6. The first-order chi connectivity index (χ1) is 24.2. The van der Waals surface area contributed by atoms with E-state index in [1.807, 2.05) is 0 Å². The normalized spacial score (nSPS) is 12.2. The minimum absolute atomic E-state index is 0.00453. The summed E-state index contributed by atoms with van der Waals surface area (Å²) in [6.45, 7) is -0.510. The van der Waals surface area contributed by atoms with E-state index in [1.54, 1.807) is 12.1 Å². The van der Waals surface area contributed by atoms with E-state index in [9.17, 15) is 19.2 Å². The Bertz CT molecular complexity index is 1870. The third kappa shape index (κ3) is 5.70. The van der Waals surface area contributed by atoms with E-state index in [4.69, 9.17) is 47.4 Å². The van der Waals surface area contributed by atoms with Crippen LogP contribution in [0.4, 0.5) is 0 Å². The molecule has 0 saturated carbocycles. The molecule has 14 heteroatoms. The zero-order chi connectivity index (χ0) is 35.7. The molecule has 0 bridgehead atoms. The van der Waals surface area contributed by atoms with Crippen molar-refractivity contribution in [3.05, 3.63) is 70.8 Å². The fraction of sp³-hybridized carbons (Fsp3) is 0.222. The van der Waals surface area contributed by atoms with Crippen LogP contribution in [0.5, 0.6) is 57.5 Å². The van der Waals surface area contributed by atoms with Gasteiger partial charge in [-0.2, -0.15) is 0 Å². The standard InChI is InChI=1S/C36H30O14/c1-41-19-7-17(8-20(11-19)42-2)27(37)29(39)25-13-23(33-35(31(25)45-5)49-15-47-33)24-14-26(32(46-6)36-34(24)48-16-50-36)30(40)28(38)18-9-21(43-3)12-22(10-18)44-4/h7-14H,15-16H2,1-6H3. The zero-order valence-electron chi connectivity index (χ0n) is 27.7. The summed E-state index contributed by atoms with van der Waals surface area (Å²) in [4.78, 5) is 55.3. The Labute approximate surface area is 285 Å². The summed E-state index contributed by atoms with van der Waals surface area (Å²) in [5.41, 5.74) is -0.0348. The third-order valence-corrected chi connectivity index (χ3v) is 8.02. The van der Waals surface area contributed by atoms with Gasteiger partial charge >= 0.3 is 0 Å². The quantitative estimate of drug-likeness (QED) is 0.137. The van der Waals surface area contributed by atoms with E-state index >= 15 is 0 Å². The number of hydrogen-bond acceptors (Lipinski definition) is 14. The second-order valence-electron chi connectivity index (χ2n) is 10.7. The van der Waals surface area contributed by atoms with Crippen molar-refractivity contribution in [2.24, 2.45) is 0 Å². The molecular formula is C36H30O14. The van der Waals surface area contributed by atoms with Crippen LogP contribution in [0.25, 0.3) is 11.1 Å². The molecule has 14 nitrogen and oxygen atoms in total. The van der Waals surface area contributed by atoms with Crippen LogP contribution in [0.1, 0.15) is 41.4 Å². The van der Waals surface area contributed by atoms with Crippen LogP contribution >= 0.6 is 0 Å². The van der Waals surface area contributed by atoms with E-state index in [-0.39, 0.29) is 81.5 Å². The Morgan fingerprint density at radius 1 is 0.420 bits per heavy atom. The molecule has 0 aliphatic carbocycles. The molecule has 2 aliphatic rings. The van der Waals surface area contributed by atoms with Crippen LogP contribution in [-0.4, -0.2) is 79.4 Å². The van der Waals surface area contributed by atoms with Crippen molar-refractivity contribution in [3.8, 4) is 68.6 Å². The fourth-order valence-electron chi connectivity index (χ4n) is 5.62. The van der Waals surface area contributed by atoms with Gasteiger partial charge in [0, 0.05) is 34.4 Å². The van der Waals surface area contributed by atoms with Crippen molar-refractivity contribution in [1.82, 2.24) is 0 Å². The first-order valence-electron chi connectivity index (χ1n) is 14.8. The first kappa shape index (κ1) is 33.5. The van der Waals surface area contributed by atoms with E-state index < -0.39 is 23.1 Å². The van der Waals surface area contributed by atoms with Gasteiger partial charge in [0.25, 0.3) is 0 Å². The van der Waals surface area contributed by atoms with E-state index in [1.165, 1.54) is 79.1 Å². The summed E-state index contributed by atoms with van der Waals surface area (Å²) in [5.74, 6) is -2.36. The monoisotopic (exact) mass is 686 g/mol. The average molecular weight is 687 g/mol. The number of ketones is 4. The lowest BCUT2D eigenvalue weighted by atomic mass is 9.91. The molecule has 0 unspecified atom stereocenters. The molecule has 0 atom stereocenters. The molecule has 0 amide bonds. The number of ether oxygens (including phenoxy) is 10. The smallest absolute Gasteiger partial charge is 0.237 e. The van der Waals surface area contributed by atoms with Gasteiger partial charge in [0.1, 0.15) is 23.0 Å². The average Bonchev–Trinajstić information content (AvgIpc) is 3.86. The van der Waals surface area contributed by atoms with Crippen LogP contribution in [-0.2, 0) is 0 Å². The minimum Gasteiger partial charge on any atom is -0.497 e. The molecule has 6 rings (SSSR count). The molecule has 0 N–H and O–H groups in total. The summed E-state index contributed by atoms with van der Waals surface area (Å²) in [6, 6.07) is 11.4. The summed E-state index contributed by atoms with van der Waals surface area (Å²) in [6.07, 6.45) is 0. The van der Waals surface area contributed by atoms with Crippen molar-refractivity contribution >= 4 is 23.1 Å². The second-order valence-corrected chi connectivity index (χ2v) is 10.7. The highest BCUT2D eigenvalue weighted by Crippen LogP contribution is 2.56. The molecule has 0 spiro atoms. The molecule has 4 aromatic rings. The first-order valence-corrected chi connectivity index (χ1v) is 14.8. The number of rotatable bonds is 13. The van der Waals surface area contributed by atoms with Crippen molar-refractivity contribution in [3.63, 3.8) is 0 Å². The molecule has 0 radical (unpaired) electrons. The van der Waals surface area contributed by atoms with Gasteiger partial charge < -0.3 is 47.4 Å². The number of carbonyl (C=O) groups is 4. The highest BCUT2D eigenvalue weighted by Gasteiger charge is 2.37. The summed E-state index contributed by atoms with van der Waals surface area (Å²) in [7, 11) is 8.28. The van der Waals surface area contributed by atoms with E-state index in [0.717, 1.165) is 0 Å². The molecule has 2 heterocycles. The Morgan fingerprint density at radius 3 is 1.04 bits per heavy atom. The minimum atomic E-state index is -0.961. The van der Waals surface area contributed by atoms with Gasteiger partial charge in [-0.3, -0.25) is 19.2 Å². The van der Waals surface area contributed by atoms with Gasteiger partial charge in [0.05, 0.1) is 53.8 Å².